The summed E-state index contributed by atoms with van der Waals surface area (Å²) in [6.07, 6.45) is 2.24. The van der Waals surface area contributed by atoms with Gasteiger partial charge in [-0.1, -0.05) is 25.1 Å². The van der Waals surface area contributed by atoms with Gasteiger partial charge < -0.3 is 28.7 Å². The first kappa shape index (κ1) is 24.4. The maximum atomic E-state index is 12.5. The molecule has 3 aromatic rings. The normalized spacial score (nSPS) is 13.1. The van der Waals surface area contributed by atoms with E-state index in [1.165, 1.54) is 6.26 Å². The van der Waals surface area contributed by atoms with Crippen LogP contribution in [0.15, 0.2) is 47.1 Å². The van der Waals surface area contributed by atoms with Crippen molar-refractivity contribution in [2.45, 2.75) is 45.9 Å². The molecule has 1 aliphatic rings. The molecule has 0 spiro atoms. The summed E-state index contributed by atoms with van der Waals surface area (Å²) in [5.74, 6) is 2.99. The summed E-state index contributed by atoms with van der Waals surface area (Å²) in [6.45, 7) is 5.68. The van der Waals surface area contributed by atoms with Crippen LogP contribution in [0.25, 0.3) is 0 Å². The number of nitrogens with one attached hydrogen (secondary N) is 1. The number of hydrogen-bond acceptors (Lipinski definition) is 8. The molecule has 0 unspecified atom stereocenters. The van der Waals surface area contributed by atoms with Crippen molar-refractivity contribution in [3.63, 3.8) is 0 Å². The molecule has 35 heavy (non-hydrogen) atoms. The molecule has 1 atom stereocenters. The summed E-state index contributed by atoms with van der Waals surface area (Å²) in [7, 11) is 3.24. The number of rotatable bonds is 11. The number of oxazole rings is 1. The molecule has 186 valence electrons. The van der Waals surface area contributed by atoms with Crippen LogP contribution in [-0.4, -0.2) is 42.8 Å². The van der Waals surface area contributed by atoms with E-state index >= 15 is 0 Å². The van der Waals surface area contributed by atoms with Crippen LogP contribution in [0.4, 0.5) is 0 Å². The van der Waals surface area contributed by atoms with Crippen LogP contribution >= 0.6 is 0 Å². The quantitative estimate of drug-likeness (QED) is 0.436. The lowest BCUT2D eigenvalue weighted by Crippen LogP contribution is -2.32. The van der Waals surface area contributed by atoms with E-state index in [0.717, 1.165) is 29.0 Å². The number of fused-ring (bicyclic) bond motifs is 1. The smallest absolute Gasteiger partial charge is 0.273 e. The van der Waals surface area contributed by atoms with Gasteiger partial charge in [-0.05, 0) is 37.1 Å². The van der Waals surface area contributed by atoms with Crippen molar-refractivity contribution in [2.24, 2.45) is 0 Å². The van der Waals surface area contributed by atoms with Gasteiger partial charge >= 0.3 is 0 Å². The molecule has 0 saturated carbocycles. The molecule has 1 N–H and O–H groups in total. The third-order valence-corrected chi connectivity index (χ3v) is 5.85. The Bertz CT molecular complexity index is 1160. The highest BCUT2D eigenvalue weighted by molar-refractivity contribution is 5.92. The average Bonchev–Trinajstić information content (AvgIpc) is 3.53. The van der Waals surface area contributed by atoms with Crippen molar-refractivity contribution < 1.29 is 28.2 Å². The van der Waals surface area contributed by atoms with Gasteiger partial charge in [-0.25, -0.2) is 4.98 Å². The van der Waals surface area contributed by atoms with E-state index in [-0.39, 0.29) is 24.4 Å². The fraction of sp³-hybridized carbons (Fsp3) is 0.385. The Morgan fingerprint density at radius 2 is 1.94 bits per heavy atom. The van der Waals surface area contributed by atoms with Gasteiger partial charge in [-0.2, -0.15) is 0 Å². The van der Waals surface area contributed by atoms with Gasteiger partial charge in [-0.15, -0.1) is 0 Å². The number of hydrogen-bond donors (Lipinski definition) is 1. The SMILES string of the molecule is CC[C@@H](C)NC(=O)c1coc(CN(Cc2ccc3c(c2)OCO3)Cc2cccc(OC)c2OC)n1. The first-order valence-corrected chi connectivity index (χ1v) is 11.6. The number of para-hydroxylation sites is 1. The molecule has 9 nitrogen and oxygen atoms in total. The second-order valence-corrected chi connectivity index (χ2v) is 8.39. The van der Waals surface area contributed by atoms with Gasteiger partial charge in [0.15, 0.2) is 28.7 Å². The van der Waals surface area contributed by atoms with Gasteiger partial charge in [0.2, 0.25) is 12.7 Å². The number of aromatic nitrogens is 1. The second kappa shape index (κ2) is 11.1. The summed E-state index contributed by atoms with van der Waals surface area (Å²) in [5.41, 5.74) is 2.26. The fourth-order valence-corrected chi connectivity index (χ4v) is 3.86. The van der Waals surface area contributed by atoms with Crippen LogP contribution in [-0.2, 0) is 19.6 Å². The number of ether oxygens (including phenoxy) is 4. The average molecular weight is 482 g/mol. The van der Waals surface area contributed by atoms with Crippen molar-refractivity contribution in [3.8, 4) is 23.0 Å². The Balaban J connectivity index is 1.57. The van der Waals surface area contributed by atoms with E-state index in [4.69, 9.17) is 23.4 Å². The standard InChI is InChI=1S/C26H31N3O6/c1-5-17(2)27-26(30)20-15-33-24(28-20)14-29(12-18-9-10-21-23(11-18)35-16-34-21)13-19-7-6-8-22(31-3)25(19)32-4/h6-11,15,17H,5,12-14,16H2,1-4H3,(H,27,30)/t17-/m1/s1. The predicted octanol–water partition coefficient (Wildman–Crippen LogP) is 4.15. The lowest BCUT2D eigenvalue weighted by Gasteiger charge is -2.23. The highest BCUT2D eigenvalue weighted by atomic mass is 16.7. The Hall–Kier alpha value is -3.72. The topological polar surface area (TPSA) is 95.3 Å². The van der Waals surface area contributed by atoms with E-state index in [1.807, 2.05) is 50.2 Å². The number of amides is 1. The third kappa shape index (κ3) is 5.86. The highest BCUT2D eigenvalue weighted by Crippen LogP contribution is 2.34. The molecule has 0 aliphatic carbocycles. The monoisotopic (exact) mass is 481 g/mol. The van der Waals surface area contributed by atoms with E-state index in [0.29, 0.717) is 37.0 Å². The molecule has 0 radical (unpaired) electrons. The molecule has 9 heteroatoms. The molecule has 0 fully saturated rings. The molecule has 1 amide bonds. The van der Waals surface area contributed by atoms with E-state index in [9.17, 15) is 4.79 Å². The maximum absolute atomic E-state index is 12.5. The maximum Gasteiger partial charge on any atom is 0.273 e. The van der Waals surface area contributed by atoms with Crippen LogP contribution in [0.3, 0.4) is 0 Å². The van der Waals surface area contributed by atoms with E-state index in [2.05, 4.69) is 15.2 Å². The number of methoxy groups -OCH3 is 2. The van der Waals surface area contributed by atoms with Gasteiger partial charge in [-0.3, -0.25) is 9.69 Å². The minimum absolute atomic E-state index is 0.0608. The minimum atomic E-state index is -0.244. The van der Waals surface area contributed by atoms with Crippen LogP contribution in [0.5, 0.6) is 23.0 Å². The summed E-state index contributed by atoms with van der Waals surface area (Å²) in [4.78, 5) is 19.0. The zero-order valence-electron chi connectivity index (χ0n) is 20.5. The van der Waals surface area contributed by atoms with Crippen LogP contribution in [0, 0.1) is 0 Å². The van der Waals surface area contributed by atoms with Gasteiger partial charge in [0.25, 0.3) is 5.91 Å². The predicted molar refractivity (Wildman–Crippen MR) is 129 cm³/mol. The molecule has 0 bridgehead atoms. The van der Waals surface area contributed by atoms with Crippen molar-refractivity contribution >= 4 is 5.91 Å². The highest BCUT2D eigenvalue weighted by Gasteiger charge is 2.20. The second-order valence-electron chi connectivity index (χ2n) is 8.39. The molecule has 2 aromatic carbocycles. The van der Waals surface area contributed by atoms with Crippen LogP contribution in [0.2, 0.25) is 0 Å². The molecule has 1 aromatic heterocycles. The lowest BCUT2D eigenvalue weighted by molar-refractivity contribution is 0.0934. The molecule has 0 saturated heterocycles. The van der Waals surface area contributed by atoms with Crippen molar-refractivity contribution in [1.29, 1.82) is 0 Å². The zero-order valence-corrected chi connectivity index (χ0v) is 20.5. The molecular formula is C26H31N3O6. The van der Waals surface area contributed by atoms with Gasteiger partial charge in [0.1, 0.15) is 6.26 Å². The van der Waals surface area contributed by atoms with Crippen molar-refractivity contribution in [1.82, 2.24) is 15.2 Å². The van der Waals surface area contributed by atoms with Crippen molar-refractivity contribution in [3.05, 3.63) is 65.4 Å². The molecule has 4 rings (SSSR count). The van der Waals surface area contributed by atoms with Crippen LogP contribution < -0.4 is 24.3 Å². The van der Waals surface area contributed by atoms with Crippen molar-refractivity contribution in [2.75, 3.05) is 21.0 Å². The Labute approximate surface area is 204 Å². The minimum Gasteiger partial charge on any atom is -0.493 e. The number of nitrogens with zero attached hydrogens (tertiary/aromatic N) is 2. The molecule has 2 heterocycles. The van der Waals surface area contributed by atoms with Gasteiger partial charge in [0, 0.05) is 24.7 Å². The van der Waals surface area contributed by atoms with E-state index in [1.54, 1.807) is 14.2 Å². The molecular weight excluding hydrogens is 450 g/mol. The number of carbonyl (C=O) groups excluding carboxylic acids is 1. The third-order valence-electron chi connectivity index (χ3n) is 5.85. The fourth-order valence-electron chi connectivity index (χ4n) is 3.86. The summed E-state index contributed by atoms with van der Waals surface area (Å²) in [6, 6.07) is 11.7. The first-order chi connectivity index (χ1) is 17.0. The Morgan fingerprint density at radius 3 is 2.71 bits per heavy atom. The molecule has 1 aliphatic heterocycles. The summed E-state index contributed by atoms with van der Waals surface area (Å²) < 4.78 is 27.7. The summed E-state index contributed by atoms with van der Waals surface area (Å²) >= 11 is 0. The first-order valence-electron chi connectivity index (χ1n) is 11.6. The Morgan fingerprint density at radius 1 is 1.11 bits per heavy atom. The lowest BCUT2D eigenvalue weighted by atomic mass is 10.1. The zero-order chi connectivity index (χ0) is 24.8. The number of benzene rings is 2. The Kier molecular flexibility index (Phi) is 7.77. The summed E-state index contributed by atoms with van der Waals surface area (Å²) in [5, 5.41) is 2.91. The van der Waals surface area contributed by atoms with Gasteiger partial charge in [0.05, 0.1) is 20.8 Å². The number of carbonyl (C=O) groups is 1. The van der Waals surface area contributed by atoms with Crippen LogP contribution in [0.1, 0.15) is 47.8 Å². The largest absolute Gasteiger partial charge is 0.493 e. The van der Waals surface area contributed by atoms with E-state index < -0.39 is 0 Å².